The van der Waals surface area contributed by atoms with E-state index in [-0.39, 0.29) is 36.6 Å². The first kappa shape index (κ1) is 51.8. The molecule has 6 unspecified atom stereocenters. The second-order valence-electron chi connectivity index (χ2n) is 16.3. The van der Waals surface area contributed by atoms with E-state index in [4.69, 9.17) is 28.4 Å². The lowest BCUT2D eigenvalue weighted by molar-refractivity contribution is -0.417. The highest BCUT2D eigenvalue weighted by molar-refractivity contribution is 4.69. The van der Waals surface area contributed by atoms with Gasteiger partial charge < -0.3 is 28.4 Å². The van der Waals surface area contributed by atoms with Crippen LogP contribution in [-0.4, -0.2) is 48.6 Å². The van der Waals surface area contributed by atoms with Crippen LogP contribution in [0.3, 0.4) is 0 Å². The monoisotopic (exact) mass is 743 g/mol. The molecule has 0 aromatic carbocycles. The second kappa shape index (κ2) is 33.0. The van der Waals surface area contributed by atoms with Crippen LogP contribution in [-0.2, 0) is 28.4 Å². The van der Waals surface area contributed by atoms with Gasteiger partial charge in [-0.3, -0.25) is 0 Å². The highest BCUT2D eigenvalue weighted by atomic mass is 16.9. The van der Waals surface area contributed by atoms with Crippen molar-refractivity contribution in [3.63, 3.8) is 0 Å². The summed E-state index contributed by atoms with van der Waals surface area (Å²) < 4.78 is 38.7. The topological polar surface area (TPSA) is 55.4 Å². The molecule has 0 radical (unpaired) electrons. The van der Waals surface area contributed by atoms with Crippen molar-refractivity contribution in [3.05, 3.63) is 0 Å². The number of hydrogen-bond donors (Lipinski definition) is 0. The van der Waals surface area contributed by atoms with Crippen LogP contribution >= 0.6 is 0 Å². The molecule has 0 aliphatic carbocycles. The molecular weight excluding hydrogens is 649 g/mol. The average Bonchev–Trinajstić information content (AvgIpc) is 3.13. The fraction of sp³-hybridized carbons (Fsp3) is 1.00. The maximum absolute atomic E-state index is 6.46. The molecule has 0 aromatic rings. The largest absolute Gasteiger partial charge is 0.324 e. The molecule has 0 bridgehead atoms. The zero-order valence-corrected chi connectivity index (χ0v) is 37.3. The van der Waals surface area contributed by atoms with E-state index in [0.29, 0.717) is 0 Å². The molecule has 0 N–H and O–H groups in total. The fourth-order valence-electron chi connectivity index (χ4n) is 6.37. The van der Waals surface area contributed by atoms with Crippen molar-refractivity contribution in [2.24, 2.45) is 0 Å². The van der Waals surface area contributed by atoms with Crippen LogP contribution in [0.5, 0.6) is 0 Å². The van der Waals surface area contributed by atoms with Gasteiger partial charge in [0.05, 0.1) is 36.6 Å². The maximum atomic E-state index is 6.46. The van der Waals surface area contributed by atoms with E-state index in [0.717, 1.165) is 64.2 Å². The lowest BCUT2D eigenvalue weighted by Crippen LogP contribution is -2.46. The van der Waals surface area contributed by atoms with Gasteiger partial charge in [0.15, 0.2) is 0 Å². The molecule has 0 rings (SSSR count). The average molecular weight is 743 g/mol. The van der Waals surface area contributed by atoms with Gasteiger partial charge in [-0.25, -0.2) is 0 Å². The summed E-state index contributed by atoms with van der Waals surface area (Å²) in [4.78, 5) is 0. The summed E-state index contributed by atoms with van der Waals surface area (Å²) in [6.07, 6.45) is 31.8. The summed E-state index contributed by atoms with van der Waals surface area (Å²) in [6, 6.07) is 0. The van der Waals surface area contributed by atoms with E-state index in [2.05, 4.69) is 83.1 Å². The molecule has 0 saturated carbocycles. The third-order valence-corrected chi connectivity index (χ3v) is 10.9. The molecule has 52 heavy (non-hydrogen) atoms. The van der Waals surface area contributed by atoms with Crippen LogP contribution in [0.4, 0.5) is 0 Å². The molecule has 0 saturated heterocycles. The van der Waals surface area contributed by atoms with Crippen LogP contribution in [0.1, 0.15) is 250 Å². The van der Waals surface area contributed by atoms with Gasteiger partial charge >= 0.3 is 0 Å². The lowest BCUT2D eigenvalue weighted by Gasteiger charge is -2.39. The third kappa shape index (κ3) is 26.5. The Kier molecular flexibility index (Phi) is 32.8. The lowest BCUT2D eigenvalue weighted by atomic mass is 10.0. The Morgan fingerprint density at radius 3 is 0.519 bits per heavy atom. The minimum atomic E-state index is -0.914. The standard InChI is InChI=1S/C46H94O6/c1-13-39(7)47-45(48-40(8)14-2,49-41(9)15-3)37-35-33-31-29-27-25-23-21-19-20-22-24-26-28-30-32-34-36-38-46(50-42(10)16-4,51-43(11)17-5)52-44(12)18-6/h39-44H,13-38H2,1-12H3. The van der Waals surface area contributed by atoms with Crippen molar-refractivity contribution in [3.8, 4) is 0 Å². The van der Waals surface area contributed by atoms with Gasteiger partial charge in [0.1, 0.15) is 0 Å². The summed E-state index contributed by atoms with van der Waals surface area (Å²) in [5.74, 6) is -1.83. The van der Waals surface area contributed by atoms with Crippen LogP contribution in [0.25, 0.3) is 0 Å². The first-order valence-electron chi connectivity index (χ1n) is 23.0. The SMILES string of the molecule is CCC(C)OC(CCCCCCCCCCCCCCCCCCCCC(OC(C)CC)(OC(C)CC)OC(C)CC)(OC(C)CC)OC(C)CC. The van der Waals surface area contributed by atoms with Crippen LogP contribution in [0.15, 0.2) is 0 Å². The smallest absolute Gasteiger partial charge is 0.283 e. The third-order valence-electron chi connectivity index (χ3n) is 10.9. The predicted molar refractivity (Wildman–Crippen MR) is 223 cm³/mol. The van der Waals surface area contributed by atoms with Gasteiger partial charge in [0, 0.05) is 12.8 Å². The molecule has 6 atom stereocenters. The van der Waals surface area contributed by atoms with Crippen LogP contribution in [0.2, 0.25) is 0 Å². The first-order valence-corrected chi connectivity index (χ1v) is 23.0. The summed E-state index contributed by atoms with van der Waals surface area (Å²) >= 11 is 0. The van der Waals surface area contributed by atoms with E-state index >= 15 is 0 Å². The van der Waals surface area contributed by atoms with Gasteiger partial charge in [0.25, 0.3) is 11.9 Å². The highest BCUT2D eigenvalue weighted by Crippen LogP contribution is 2.32. The van der Waals surface area contributed by atoms with Crippen molar-refractivity contribution in [1.82, 2.24) is 0 Å². The van der Waals surface area contributed by atoms with Gasteiger partial charge in [-0.05, 0) is 92.9 Å². The summed E-state index contributed by atoms with van der Waals surface area (Å²) in [5, 5.41) is 0. The van der Waals surface area contributed by atoms with E-state index in [9.17, 15) is 0 Å². The molecular formula is C46H94O6. The summed E-state index contributed by atoms with van der Waals surface area (Å²) in [6.45, 7) is 25.8. The summed E-state index contributed by atoms with van der Waals surface area (Å²) in [5.41, 5.74) is 0. The van der Waals surface area contributed by atoms with Crippen molar-refractivity contribution >= 4 is 0 Å². The molecule has 0 heterocycles. The number of rotatable bonds is 39. The normalized spacial score (nSPS) is 18.0. The predicted octanol–water partition coefficient (Wildman–Crippen LogP) is 15.0. The van der Waals surface area contributed by atoms with Gasteiger partial charge in [0.2, 0.25) is 0 Å². The van der Waals surface area contributed by atoms with E-state index in [1.54, 1.807) is 0 Å². The molecule has 0 aliphatic rings. The quantitative estimate of drug-likeness (QED) is 0.0462. The van der Waals surface area contributed by atoms with Crippen molar-refractivity contribution in [2.75, 3.05) is 0 Å². The van der Waals surface area contributed by atoms with Crippen molar-refractivity contribution in [2.45, 2.75) is 299 Å². The van der Waals surface area contributed by atoms with Crippen molar-refractivity contribution in [1.29, 1.82) is 0 Å². The molecule has 0 fully saturated rings. The minimum Gasteiger partial charge on any atom is -0.324 e. The minimum absolute atomic E-state index is 0.118. The fourth-order valence-corrected chi connectivity index (χ4v) is 6.37. The van der Waals surface area contributed by atoms with E-state index in [1.807, 2.05) is 0 Å². The highest BCUT2D eigenvalue weighted by Gasteiger charge is 2.39. The molecule has 0 aromatic heterocycles. The Morgan fingerprint density at radius 2 is 0.385 bits per heavy atom. The van der Waals surface area contributed by atoms with Crippen LogP contribution < -0.4 is 0 Å². The zero-order valence-electron chi connectivity index (χ0n) is 37.3. The maximum Gasteiger partial charge on any atom is 0.283 e. The Hall–Kier alpha value is -0.240. The molecule has 6 nitrogen and oxygen atoms in total. The molecule has 6 heteroatoms. The van der Waals surface area contributed by atoms with E-state index < -0.39 is 11.9 Å². The molecule has 0 spiro atoms. The number of unbranched alkanes of at least 4 members (excludes halogenated alkanes) is 17. The molecule has 314 valence electrons. The van der Waals surface area contributed by atoms with Crippen LogP contribution in [0, 0.1) is 0 Å². The van der Waals surface area contributed by atoms with Gasteiger partial charge in [-0.2, -0.15) is 0 Å². The second-order valence-corrected chi connectivity index (χ2v) is 16.3. The number of hydrogen-bond acceptors (Lipinski definition) is 6. The van der Waals surface area contributed by atoms with Gasteiger partial charge in [-0.1, -0.05) is 144 Å². The Labute approximate surface area is 326 Å². The van der Waals surface area contributed by atoms with E-state index in [1.165, 1.54) is 103 Å². The summed E-state index contributed by atoms with van der Waals surface area (Å²) in [7, 11) is 0. The van der Waals surface area contributed by atoms with Gasteiger partial charge in [-0.15, -0.1) is 0 Å². The zero-order chi connectivity index (χ0) is 39.1. The molecule has 0 aliphatic heterocycles. The first-order chi connectivity index (χ1) is 24.9. The van der Waals surface area contributed by atoms with Crippen molar-refractivity contribution < 1.29 is 28.4 Å². The Morgan fingerprint density at radius 1 is 0.250 bits per heavy atom. The molecule has 0 amide bonds. The Balaban J connectivity index is 4.10. The number of ether oxygens (including phenoxy) is 6. The Bertz CT molecular complexity index is 637.